The molecule has 2 heterocycles. The molecule has 0 aromatic heterocycles. The van der Waals surface area contributed by atoms with Crippen LogP contribution < -0.4 is 4.74 Å². The van der Waals surface area contributed by atoms with Crippen molar-refractivity contribution in [2.75, 3.05) is 26.7 Å². The number of piperidine rings is 1. The van der Waals surface area contributed by atoms with E-state index in [1.165, 1.54) is 31.2 Å². The quantitative estimate of drug-likeness (QED) is 0.779. The summed E-state index contributed by atoms with van der Waals surface area (Å²) in [5.74, 6) is 2.14. The molecule has 3 aliphatic rings. The minimum atomic E-state index is -0.323. The number of methoxy groups -OCH3 is 1. The lowest BCUT2D eigenvalue weighted by Crippen LogP contribution is -2.52. The summed E-state index contributed by atoms with van der Waals surface area (Å²) in [5, 5.41) is 0. The molecular formula is C24H36N2O2. The summed E-state index contributed by atoms with van der Waals surface area (Å²) in [6.45, 7) is 9.28. The first-order chi connectivity index (χ1) is 13.4. The van der Waals surface area contributed by atoms with Crippen LogP contribution in [0.2, 0.25) is 0 Å². The van der Waals surface area contributed by atoms with Gasteiger partial charge in [-0.15, -0.1) is 0 Å². The van der Waals surface area contributed by atoms with Gasteiger partial charge in [-0.1, -0.05) is 45.7 Å². The Morgan fingerprint density at radius 3 is 2.54 bits per heavy atom. The molecule has 0 spiro atoms. The molecular weight excluding hydrogens is 348 g/mol. The number of fused-ring (bicyclic) bond motifs is 1. The molecule has 1 aliphatic carbocycles. The molecule has 0 bridgehead atoms. The van der Waals surface area contributed by atoms with E-state index in [0.717, 1.165) is 37.8 Å². The fourth-order valence-corrected chi connectivity index (χ4v) is 5.75. The molecule has 0 radical (unpaired) electrons. The topological polar surface area (TPSA) is 32.8 Å². The first-order valence-corrected chi connectivity index (χ1v) is 11.1. The Kier molecular flexibility index (Phi) is 5.43. The third-order valence-electron chi connectivity index (χ3n) is 7.23. The van der Waals surface area contributed by atoms with Gasteiger partial charge in [-0.3, -0.25) is 9.69 Å². The van der Waals surface area contributed by atoms with E-state index in [2.05, 4.69) is 48.8 Å². The van der Waals surface area contributed by atoms with Gasteiger partial charge in [0.15, 0.2) is 0 Å². The summed E-state index contributed by atoms with van der Waals surface area (Å²) in [5.41, 5.74) is 1.00. The number of rotatable bonds is 3. The summed E-state index contributed by atoms with van der Waals surface area (Å²) in [4.78, 5) is 18.2. The number of carbonyl (C=O) groups is 1. The average molecular weight is 385 g/mol. The van der Waals surface area contributed by atoms with Gasteiger partial charge in [-0.05, 0) is 37.0 Å². The number of hydrogen-bond donors (Lipinski definition) is 0. The highest BCUT2D eigenvalue weighted by atomic mass is 16.5. The Balaban J connectivity index is 1.62. The molecule has 28 heavy (non-hydrogen) atoms. The minimum Gasteiger partial charge on any atom is -0.497 e. The maximum Gasteiger partial charge on any atom is 0.228 e. The molecule has 3 fully saturated rings. The molecule has 4 heteroatoms. The molecule has 0 N–H and O–H groups in total. The van der Waals surface area contributed by atoms with Crippen LogP contribution in [-0.4, -0.2) is 54.5 Å². The molecule has 1 amide bonds. The van der Waals surface area contributed by atoms with Gasteiger partial charge < -0.3 is 9.64 Å². The summed E-state index contributed by atoms with van der Waals surface area (Å²) in [6, 6.07) is 9.65. The van der Waals surface area contributed by atoms with Crippen LogP contribution in [0.5, 0.6) is 5.75 Å². The van der Waals surface area contributed by atoms with Gasteiger partial charge in [-0.2, -0.15) is 0 Å². The summed E-state index contributed by atoms with van der Waals surface area (Å²) in [7, 11) is 1.73. The van der Waals surface area contributed by atoms with Crippen LogP contribution in [0.3, 0.4) is 0 Å². The zero-order chi connectivity index (χ0) is 19.9. The van der Waals surface area contributed by atoms with Gasteiger partial charge in [0.1, 0.15) is 5.75 Å². The molecule has 4 nitrogen and oxygen atoms in total. The van der Waals surface area contributed by atoms with Crippen LogP contribution in [0.1, 0.15) is 64.4 Å². The molecule has 3 atom stereocenters. The highest BCUT2D eigenvalue weighted by Gasteiger charge is 2.49. The Labute approximate surface area is 170 Å². The summed E-state index contributed by atoms with van der Waals surface area (Å²) < 4.78 is 5.49. The molecule has 2 aliphatic heterocycles. The van der Waals surface area contributed by atoms with Crippen LogP contribution in [0.4, 0.5) is 0 Å². The van der Waals surface area contributed by atoms with E-state index < -0.39 is 0 Å². The maximum absolute atomic E-state index is 13.2. The fraction of sp³-hybridized carbons (Fsp3) is 0.708. The van der Waals surface area contributed by atoms with Gasteiger partial charge in [0.25, 0.3) is 0 Å². The van der Waals surface area contributed by atoms with E-state index in [1.54, 1.807) is 7.11 Å². The van der Waals surface area contributed by atoms with Crippen molar-refractivity contribution >= 4 is 5.91 Å². The number of nitrogens with zero attached hydrogens (tertiary/aromatic N) is 2. The Bertz CT molecular complexity index is 705. The van der Waals surface area contributed by atoms with Gasteiger partial charge in [-0.25, -0.2) is 0 Å². The van der Waals surface area contributed by atoms with E-state index >= 15 is 0 Å². The van der Waals surface area contributed by atoms with Gasteiger partial charge >= 0.3 is 0 Å². The number of ether oxygens (including phenoxy) is 1. The van der Waals surface area contributed by atoms with E-state index in [0.29, 0.717) is 23.8 Å². The van der Waals surface area contributed by atoms with Gasteiger partial charge in [0.05, 0.1) is 7.11 Å². The van der Waals surface area contributed by atoms with E-state index in [-0.39, 0.29) is 5.41 Å². The predicted octanol–water partition coefficient (Wildman–Crippen LogP) is 4.30. The van der Waals surface area contributed by atoms with Crippen molar-refractivity contribution in [1.29, 1.82) is 0 Å². The average Bonchev–Trinajstić information content (AvgIpc) is 3.34. The largest absolute Gasteiger partial charge is 0.497 e. The third-order valence-corrected chi connectivity index (χ3v) is 7.23. The summed E-state index contributed by atoms with van der Waals surface area (Å²) in [6.07, 6.45) is 6.58. The molecule has 0 unspecified atom stereocenters. The predicted molar refractivity (Wildman–Crippen MR) is 113 cm³/mol. The SMILES string of the molecule is COc1cccc([C@@H]2CN(C(=O)C(C)(C)C)[C@H]3CCN(C4CCCC4)C[C@@H]23)c1. The second-order valence-corrected chi connectivity index (χ2v) is 10.0. The number of carbonyl (C=O) groups excluding carboxylic acids is 1. The lowest BCUT2D eigenvalue weighted by atomic mass is 9.81. The molecule has 1 aromatic rings. The van der Waals surface area contributed by atoms with Crippen molar-refractivity contribution in [2.24, 2.45) is 11.3 Å². The van der Waals surface area contributed by atoms with Gasteiger partial charge in [0.2, 0.25) is 5.91 Å². The molecule has 4 rings (SSSR count). The fourth-order valence-electron chi connectivity index (χ4n) is 5.75. The smallest absolute Gasteiger partial charge is 0.228 e. The minimum absolute atomic E-state index is 0.308. The first-order valence-electron chi connectivity index (χ1n) is 11.1. The van der Waals surface area contributed by atoms with Crippen LogP contribution >= 0.6 is 0 Å². The maximum atomic E-state index is 13.2. The molecule has 154 valence electrons. The summed E-state index contributed by atoms with van der Waals surface area (Å²) >= 11 is 0. The monoisotopic (exact) mass is 384 g/mol. The van der Waals surface area contributed by atoms with Crippen molar-refractivity contribution in [3.63, 3.8) is 0 Å². The normalized spacial score (nSPS) is 29.1. The number of amides is 1. The van der Waals surface area contributed by atoms with Crippen LogP contribution in [0, 0.1) is 11.3 Å². The standard InChI is InChI=1S/C24H36N2O2/c1-24(2,3)23(27)26-16-20(17-8-7-11-19(14-17)28-4)21-15-25(13-12-22(21)26)18-9-5-6-10-18/h7-8,11,14,18,20-22H,5-6,9-10,12-13,15-16H2,1-4H3/t20-,21-,22-/m0/s1. The zero-order valence-corrected chi connectivity index (χ0v) is 18.0. The van der Waals surface area contributed by atoms with Gasteiger partial charge in [0, 0.05) is 49.0 Å². The van der Waals surface area contributed by atoms with E-state index in [1.807, 2.05) is 6.07 Å². The van der Waals surface area contributed by atoms with E-state index in [4.69, 9.17) is 4.74 Å². The number of hydrogen-bond acceptors (Lipinski definition) is 3. The highest BCUT2D eigenvalue weighted by molar-refractivity contribution is 5.82. The van der Waals surface area contributed by atoms with Crippen LogP contribution in [0.25, 0.3) is 0 Å². The molecule has 2 saturated heterocycles. The lowest BCUT2D eigenvalue weighted by Gasteiger charge is -2.42. The Morgan fingerprint density at radius 2 is 1.86 bits per heavy atom. The van der Waals surface area contributed by atoms with Crippen molar-refractivity contribution in [3.05, 3.63) is 29.8 Å². The van der Waals surface area contributed by atoms with Crippen molar-refractivity contribution < 1.29 is 9.53 Å². The lowest BCUT2D eigenvalue weighted by molar-refractivity contribution is -0.141. The highest BCUT2D eigenvalue weighted by Crippen LogP contribution is 2.44. The molecule has 1 aromatic carbocycles. The number of benzene rings is 1. The Hall–Kier alpha value is -1.55. The molecule has 1 saturated carbocycles. The zero-order valence-electron chi connectivity index (χ0n) is 18.0. The second-order valence-electron chi connectivity index (χ2n) is 10.0. The van der Waals surface area contributed by atoms with E-state index in [9.17, 15) is 4.79 Å². The van der Waals surface area contributed by atoms with Crippen molar-refractivity contribution in [3.8, 4) is 5.75 Å². The van der Waals surface area contributed by atoms with Crippen LogP contribution in [-0.2, 0) is 4.79 Å². The third kappa shape index (κ3) is 3.68. The first kappa shape index (κ1) is 19.8. The second kappa shape index (κ2) is 7.70. The number of likely N-dealkylation sites (tertiary alicyclic amines) is 2. The van der Waals surface area contributed by atoms with Crippen molar-refractivity contribution in [1.82, 2.24) is 9.80 Å². The Morgan fingerprint density at radius 1 is 1.11 bits per heavy atom. The van der Waals surface area contributed by atoms with Crippen molar-refractivity contribution in [2.45, 2.75) is 70.9 Å². The van der Waals surface area contributed by atoms with Crippen LogP contribution in [0.15, 0.2) is 24.3 Å².